The highest BCUT2D eigenvalue weighted by Gasteiger charge is 2.63. The number of aliphatic hydroxyl groups is 1. The maximum atomic E-state index is 16.0. The van der Waals surface area contributed by atoms with Crippen LogP contribution in [0.4, 0.5) is 0 Å². The number of aliphatic hydroxyl groups excluding tert-OH is 1. The van der Waals surface area contributed by atoms with Crippen molar-refractivity contribution in [3.63, 3.8) is 0 Å². The molecule has 4 aliphatic heterocycles. The molecular weight excluding hydrogens is 1930 g/mol. The van der Waals surface area contributed by atoms with Gasteiger partial charge in [0.15, 0.2) is 80.1 Å². The van der Waals surface area contributed by atoms with E-state index in [9.17, 15) is 19.5 Å². The summed E-state index contributed by atoms with van der Waals surface area (Å²) >= 11 is 0. The van der Waals surface area contributed by atoms with E-state index in [1.54, 1.807) is 103 Å². The molecule has 4 aliphatic rings. The first-order valence-electron chi connectivity index (χ1n) is 47.2. The number of esters is 13. The third-order valence-electron chi connectivity index (χ3n) is 24.1. The number of carbonyl (C=O) groups excluding carboxylic acids is 13. The molecule has 20 atom stereocenters. The van der Waals surface area contributed by atoms with Crippen LogP contribution in [0, 0.1) is 0 Å². The fourth-order valence-electron chi connectivity index (χ4n) is 16.7. The van der Waals surface area contributed by atoms with Crippen molar-refractivity contribution in [3.8, 4) is 0 Å². The lowest BCUT2D eigenvalue weighted by Gasteiger charge is -2.51. The molecule has 4 heterocycles. The highest BCUT2D eigenvalue weighted by atomic mass is 16.8. The van der Waals surface area contributed by atoms with Crippen molar-refractivity contribution in [3.05, 3.63) is 467 Å². The van der Waals surface area contributed by atoms with Gasteiger partial charge in [-0.25, -0.2) is 62.3 Å². The van der Waals surface area contributed by atoms with Crippen molar-refractivity contribution in [2.75, 3.05) is 26.4 Å². The quantitative estimate of drug-likeness (QED) is 0.0281. The maximum absolute atomic E-state index is 16.0. The summed E-state index contributed by atoms with van der Waals surface area (Å²) in [5, 5.41) is 12.5. The lowest BCUT2D eigenvalue weighted by Crippen LogP contribution is -2.69. The Morgan fingerprint density at radius 1 is 0.161 bits per heavy atom. The van der Waals surface area contributed by atoms with Crippen LogP contribution in [0.1, 0.15) is 135 Å². The first kappa shape index (κ1) is 103. The molecule has 758 valence electrons. The zero-order valence-electron chi connectivity index (χ0n) is 78.8. The highest BCUT2D eigenvalue weighted by Crippen LogP contribution is 2.43. The van der Waals surface area contributed by atoms with Crippen molar-refractivity contribution >= 4 is 77.6 Å². The first-order valence-corrected chi connectivity index (χ1v) is 47.2. The second kappa shape index (κ2) is 50.0. The number of hydrogen-bond donors (Lipinski definition) is 1. The summed E-state index contributed by atoms with van der Waals surface area (Å²) in [7, 11) is 0. The predicted molar refractivity (Wildman–Crippen MR) is 519 cm³/mol. The average Bonchev–Trinajstić information content (AvgIpc) is 0.746. The standard InChI is InChI=1S/C115H94O34/c116-99(70-40-14-1-15-41-70)130-66-83-88(91(139-104(121)75-50-24-6-25-51-75)95(112(129)134-83)143-108(125)79-58-32-10-33-59-79)147-114-97(145-110(127)81-62-36-12-37-63-81)93(141-106(123)77-54-28-8-29-55-77)90(85(136-114)68-132-101(118)72-44-18-3-19-45-72)149-115-98(146-111(128)82-64-38-13-39-65-82)94(142-107(124)78-56-30-9-31-57-78)89(86(137-115)69-133-102(119)73-46-20-4-21-47-73)148-113-96(144-109(126)80-60-34-11-35-61-80)92(140-105(122)76-52-26-7-27-53-76)87(138-103(120)74-48-22-5-23-49-74)84(135-113)67-131-100(117)71-42-16-2-17-43-71/h1-65,83-98,112-115,129H,66-69H2/t83-,84-,85-,86-,87-,88-,89-,90-,91+,92+,93+,94+,95-,96-,97-,98-,112-,113-,114-,115-/m1/s1. The summed E-state index contributed by atoms with van der Waals surface area (Å²) in [6.45, 7) is -4.17. The van der Waals surface area contributed by atoms with E-state index in [-0.39, 0.29) is 72.3 Å². The summed E-state index contributed by atoms with van der Waals surface area (Å²) in [4.78, 5) is 198. The lowest BCUT2D eigenvalue weighted by atomic mass is 9.94. The lowest BCUT2D eigenvalue weighted by molar-refractivity contribution is -0.384. The zero-order valence-corrected chi connectivity index (χ0v) is 78.8. The minimum atomic E-state index is -2.57. The average molecular weight is 2020 g/mol. The van der Waals surface area contributed by atoms with Gasteiger partial charge in [0.25, 0.3) is 0 Å². The number of rotatable bonds is 36. The Kier molecular flexibility index (Phi) is 34.6. The maximum Gasteiger partial charge on any atom is 0.338 e. The summed E-state index contributed by atoms with van der Waals surface area (Å²) in [5.41, 5.74) is -1.72. The molecule has 34 nitrogen and oxygen atoms in total. The molecule has 0 spiro atoms. The second-order valence-corrected chi connectivity index (χ2v) is 34.0. The largest absolute Gasteiger partial charge is 0.459 e. The minimum Gasteiger partial charge on any atom is -0.459 e. The van der Waals surface area contributed by atoms with Crippen LogP contribution < -0.4 is 0 Å². The van der Waals surface area contributed by atoms with Crippen LogP contribution in [-0.4, -0.2) is 232 Å². The molecule has 0 aromatic heterocycles. The first-order chi connectivity index (χ1) is 72.7. The predicted octanol–water partition coefficient (Wildman–Crippen LogP) is 14.5. The van der Waals surface area contributed by atoms with Crippen molar-refractivity contribution < 1.29 is 162 Å². The van der Waals surface area contributed by atoms with E-state index in [4.69, 9.17) is 94.7 Å². The van der Waals surface area contributed by atoms with Crippen LogP contribution in [0.5, 0.6) is 0 Å². The van der Waals surface area contributed by atoms with E-state index in [0.717, 1.165) is 0 Å². The fraction of sp³-hybridized carbons (Fsp3) is 0.209. The smallest absolute Gasteiger partial charge is 0.338 e. The zero-order chi connectivity index (χ0) is 103. The van der Waals surface area contributed by atoms with Gasteiger partial charge in [-0.2, -0.15) is 0 Å². The van der Waals surface area contributed by atoms with Crippen LogP contribution in [0.15, 0.2) is 394 Å². The van der Waals surface area contributed by atoms with Gasteiger partial charge in [0.1, 0.15) is 69.2 Å². The van der Waals surface area contributed by atoms with Crippen LogP contribution >= 0.6 is 0 Å². The van der Waals surface area contributed by atoms with E-state index >= 15 is 47.9 Å². The van der Waals surface area contributed by atoms with Gasteiger partial charge in [0.2, 0.25) is 0 Å². The minimum absolute atomic E-state index is 0.00317. The summed E-state index contributed by atoms with van der Waals surface area (Å²) < 4.78 is 134. The molecule has 0 radical (unpaired) electrons. The van der Waals surface area contributed by atoms with E-state index in [0.29, 0.717) is 0 Å². The molecule has 0 bridgehead atoms. The molecule has 149 heavy (non-hydrogen) atoms. The van der Waals surface area contributed by atoms with Gasteiger partial charge in [-0.1, -0.05) is 237 Å². The Labute approximate surface area is 851 Å². The summed E-state index contributed by atoms with van der Waals surface area (Å²) in [5.74, 6) is -15.0. The van der Waals surface area contributed by atoms with Crippen LogP contribution in [0.2, 0.25) is 0 Å². The second-order valence-electron chi connectivity index (χ2n) is 34.0. The Balaban J connectivity index is 0.868. The van der Waals surface area contributed by atoms with Crippen LogP contribution in [0.3, 0.4) is 0 Å². The van der Waals surface area contributed by atoms with Gasteiger partial charge < -0.3 is 99.8 Å². The van der Waals surface area contributed by atoms with Crippen LogP contribution in [-0.2, 0) is 94.7 Å². The third kappa shape index (κ3) is 26.3. The van der Waals surface area contributed by atoms with E-state index in [1.807, 2.05) is 0 Å². The van der Waals surface area contributed by atoms with Crippen LogP contribution in [0.25, 0.3) is 0 Å². The van der Waals surface area contributed by atoms with Crippen molar-refractivity contribution in [1.29, 1.82) is 0 Å². The number of benzene rings is 13. The molecule has 4 fully saturated rings. The summed E-state index contributed by atoms with van der Waals surface area (Å²) in [6, 6.07) is 95.4. The van der Waals surface area contributed by atoms with Crippen molar-refractivity contribution in [1.82, 2.24) is 0 Å². The topological polar surface area (TPSA) is 427 Å². The molecule has 0 unspecified atom stereocenters. The number of carbonyl (C=O) groups is 13. The molecule has 4 saturated heterocycles. The van der Waals surface area contributed by atoms with Crippen molar-refractivity contribution in [2.24, 2.45) is 0 Å². The van der Waals surface area contributed by atoms with Gasteiger partial charge in [0.05, 0.1) is 72.3 Å². The van der Waals surface area contributed by atoms with Gasteiger partial charge >= 0.3 is 77.6 Å². The molecule has 17 rings (SSSR count). The van der Waals surface area contributed by atoms with E-state index in [2.05, 4.69) is 0 Å². The van der Waals surface area contributed by atoms with Gasteiger partial charge in [-0.15, -0.1) is 0 Å². The molecule has 1 N–H and O–H groups in total. The molecule has 34 heteroatoms. The van der Waals surface area contributed by atoms with Gasteiger partial charge in [-0.3, -0.25) is 0 Å². The Morgan fingerprint density at radius 2 is 0.295 bits per heavy atom. The third-order valence-corrected chi connectivity index (χ3v) is 24.1. The normalized spacial score (nSPS) is 23.2. The monoisotopic (exact) mass is 2020 g/mol. The Bertz CT molecular complexity index is 6720. The van der Waals surface area contributed by atoms with E-state index < -0.39 is 227 Å². The summed E-state index contributed by atoms with van der Waals surface area (Å²) in [6.07, 6.45) is -45.8. The van der Waals surface area contributed by atoms with Gasteiger partial charge in [0, 0.05) is 0 Å². The van der Waals surface area contributed by atoms with Gasteiger partial charge in [-0.05, 0) is 158 Å². The SMILES string of the molecule is O=C(OC[C@H]1O[C@@H](O)[C@H](OC(=O)c2ccccc2)[C@@H](OC(=O)c2ccccc2)[C@@H]1O[C@H]1O[C@H](COC(=O)c2ccccc2)[C@@H](O[C@H]2O[C@H](COC(=O)c3ccccc3)[C@@H](O[C@H]3O[C@H](COC(=O)c4ccccc4)[C@@H](OC(=O)c4ccccc4)[C@H](OC(=O)c4ccccc4)[C@H]3OC(=O)c3ccccc3)[C@H](OC(=O)c3ccccc3)[C@H]2OC(=O)c2ccccc2)[C@H](OC(=O)c2ccccc2)[C@H]1OC(=O)c1ccccc1)c1ccccc1. The molecular formula is C115H94O34. The number of ether oxygens (including phenoxy) is 20. The molecule has 13 aromatic carbocycles. The Morgan fingerprint density at radius 3 is 0.483 bits per heavy atom. The molecule has 0 aliphatic carbocycles. The molecule has 0 saturated carbocycles. The van der Waals surface area contributed by atoms with E-state index in [1.165, 1.54) is 291 Å². The molecule has 13 aromatic rings. The Hall–Kier alpha value is -17.4. The fourth-order valence-corrected chi connectivity index (χ4v) is 16.7. The van der Waals surface area contributed by atoms with Crippen molar-refractivity contribution in [2.45, 2.75) is 123 Å². The number of hydrogen-bond acceptors (Lipinski definition) is 34. The highest BCUT2D eigenvalue weighted by molar-refractivity contribution is 5.96. The molecule has 0 amide bonds.